The molecule has 8 heteroatoms. The van der Waals surface area contributed by atoms with Crippen molar-refractivity contribution in [2.24, 2.45) is 13.0 Å². The molecule has 0 unspecified atom stereocenters. The Bertz CT molecular complexity index is 1220. The van der Waals surface area contributed by atoms with Crippen LogP contribution in [0.5, 0.6) is 0 Å². The van der Waals surface area contributed by atoms with Crippen LogP contribution in [0.2, 0.25) is 0 Å². The number of anilines is 1. The summed E-state index contributed by atoms with van der Waals surface area (Å²) in [6, 6.07) is 15.1. The van der Waals surface area contributed by atoms with Crippen LogP contribution < -0.4 is 10.2 Å². The molecule has 2 heterocycles. The van der Waals surface area contributed by atoms with Gasteiger partial charge in [-0.25, -0.2) is 8.42 Å². The molecule has 1 N–H and O–H groups in total. The monoisotopic (exact) mass is 454 g/mol. The molecule has 4 rings (SSSR count). The molecule has 1 aliphatic rings. The summed E-state index contributed by atoms with van der Waals surface area (Å²) in [5.41, 5.74) is 3.10. The quantitative estimate of drug-likeness (QED) is 0.622. The third-order valence-corrected chi connectivity index (χ3v) is 8.03. The highest BCUT2D eigenvalue weighted by molar-refractivity contribution is 7.89. The Kier molecular flexibility index (Phi) is 6.26. The summed E-state index contributed by atoms with van der Waals surface area (Å²) in [5.74, 6) is -0.444. The van der Waals surface area contributed by atoms with E-state index in [1.54, 1.807) is 12.1 Å². The lowest BCUT2D eigenvalue weighted by Crippen LogP contribution is -2.45. The van der Waals surface area contributed by atoms with Crippen LogP contribution in [0.1, 0.15) is 18.4 Å². The molecule has 7 nitrogen and oxygen atoms in total. The number of fused-ring (bicyclic) bond motifs is 1. The molecule has 2 aromatic carbocycles. The van der Waals surface area contributed by atoms with Crippen LogP contribution >= 0.6 is 0 Å². The third kappa shape index (κ3) is 4.52. The lowest BCUT2D eigenvalue weighted by Gasteiger charge is -2.31. The Morgan fingerprint density at radius 2 is 1.88 bits per heavy atom. The van der Waals surface area contributed by atoms with Gasteiger partial charge in [-0.3, -0.25) is 4.79 Å². The molecule has 1 fully saturated rings. The Balaban J connectivity index is 1.41. The van der Waals surface area contributed by atoms with Crippen molar-refractivity contribution in [2.45, 2.75) is 24.3 Å². The number of aryl methyl sites for hydroxylation is 1. The van der Waals surface area contributed by atoms with E-state index >= 15 is 0 Å². The molecule has 3 aromatic rings. The Morgan fingerprint density at radius 3 is 2.59 bits per heavy atom. The molecular formula is C24H30N4O3S. The van der Waals surface area contributed by atoms with Gasteiger partial charge in [-0.2, -0.15) is 4.31 Å². The van der Waals surface area contributed by atoms with Gasteiger partial charge in [-0.05, 0) is 54.8 Å². The first kappa shape index (κ1) is 22.4. The van der Waals surface area contributed by atoms with Crippen molar-refractivity contribution in [2.75, 3.05) is 32.1 Å². The number of rotatable bonds is 6. The molecule has 0 saturated carbocycles. The first-order chi connectivity index (χ1) is 15.3. The van der Waals surface area contributed by atoms with Gasteiger partial charge in [-0.1, -0.05) is 12.1 Å². The molecule has 0 bridgehead atoms. The fourth-order valence-electron chi connectivity index (χ4n) is 4.19. The maximum absolute atomic E-state index is 13.3. The summed E-state index contributed by atoms with van der Waals surface area (Å²) < 4.78 is 29.9. The average molecular weight is 455 g/mol. The van der Waals surface area contributed by atoms with E-state index in [2.05, 4.69) is 5.32 Å². The molecule has 0 spiro atoms. The standard InChI is InChI=1S/C24H30N4O3S/c1-26(2)21-8-6-18(7-9-21)16-25-24(29)20-5-4-13-28(17-20)32(30,31)22-10-11-23-19(15-22)12-14-27(23)3/h6-12,14-15,20H,4-5,13,16-17H2,1-3H3,(H,25,29)/t20-/m1/s1. The van der Waals surface area contributed by atoms with E-state index in [4.69, 9.17) is 0 Å². The van der Waals surface area contributed by atoms with Crippen molar-refractivity contribution in [3.63, 3.8) is 0 Å². The highest BCUT2D eigenvalue weighted by Crippen LogP contribution is 2.26. The zero-order chi connectivity index (χ0) is 22.9. The van der Waals surface area contributed by atoms with Gasteiger partial charge >= 0.3 is 0 Å². The summed E-state index contributed by atoms with van der Waals surface area (Å²) in [5, 5.41) is 3.87. The second-order valence-corrected chi connectivity index (χ2v) is 10.6. The molecule has 170 valence electrons. The van der Waals surface area contributed by atoms with Crippen LogP contribution in [-0.2, 0) is 28.4 Å². The van der Waals surface area contributed by atoms with E-state index in [0.29, 0.717) is 25.9 Å². The van der Waals surface area contributed by atoms with Crippen LogP contribution in [-0.4, -0.2) is 50.4 Å². The van der Waals surface area contributed by atoms with Gasteiger partial charge in [0.2, 0.25) is 15.9 Å². The van der Waals surface area contributed by atoms with E-state index < -0.39 is 10.0 Å². The first-order valence-corrected chi connectivity index (χ1v) is 12.3. The molecule has 0 aliphatic carbocycles. The molecular weight excluding hydrogens is 424 g/mol. The summed E-state index contributed by atoms with van der Waals surface area (Å²) in [6.45, 7) is 1.08. The number of nitrogens with zero attached hydrogens (tertiary/aromatic N) is 3. The van der Waals surface area contributed by atoms with E-state index in [0.717, 1.165) is 22.2 Å². The van der Waals surface area contributed by atoms with Crippen molar-refractivity contribution in [1.82, 2.24) is 14.2 Å². The van der Waals surface area contributed by atoms with Crippen molar-refractivity contribution in [3.05, 3.63) is 60.3 Å². The van der Waals surface area contributed by atoms with Gasteiger partial charge in [0.25, 0.3) is 0 Å². The van der Waals surface area contributed by atoms with Gasteiger partial charge in [0.05, 0.1) is 10.8 Å². The molecule has 1 atom stereocenters. The number of hydrogen-bond donors (Lipinski definition) is 1. The normalized spacial score (nSPS) is 17.4. The topological polar surface area (TPSA) is 74.7 Å². The maximum Gasteiger partial charge on any atom is 0.243 e. The second-order valence-electron chi connectivity index (χ2n) is 8.63. The van der Waals surface area contributed by atoms with E-state index in [9.17, 15) is 13.2 Å². The zero-order valence-electron chi connectivity index (χ0n) is 18.8. The van der Waals surface area contributed by atoms with Crippen molar-refractivity contribution >= 4 is 32.5 Å². The largest absolute Gasteiger partial charge is 0.378 e. The SMILES string of the molecule is CN(C)c1ccc(CNC(=O)[C@@H]2CCCN(S(=O)(=O)c3ccc4c(ccn4C)c3)C2)cc1. The van der Waals surface area contributed by atoms with Gasteiger partial charge in [0.1, 0.15) is 0 Å². The first-order valence-electron chi connectivity index (χ1n) is 10.8. The van der Waals surface area contributed by atoms with Crippen LogP contribution in [0, 0.1) is 5.92 Å². The molecule has 1 aromatic heterocycles. The van der Waals surface area contributed by atoms with Crippen LogP contribution in [0.4, 0.5) is 5.69 Å². The maximum atomic E-state index is 13.3. The Morgan fingerprint density at radius 1 is 1.12 bits per heavy atom. The number of sulfonamides is 1. The van der Waals surface area contributed by atoms with E-state index in [1.165, 1.54) is 4.31 Å². The van der Waals surface area contributed by atoms with Crippen LogP contribution in [0.3, 0.4) is 0 Å². The highest BCUT2D eigenvalue weighted by Gasteiger charge is 2.33. The van der Waals surface area contributed by atoms with Gasteiger partial charge in [-0.15, -0.1) is 0 Å². The summed E-state index contributed by atoms with van der Waals surface area (Å²) in [6.07, 6.45) is 3.27. The zero-order valence-corrected chi connectivity index (χ0v) is 19.6. The molecule has 1 aliphatic heterocycles. The summed E-state index contributed by atoms with van der Waals surface area (Å²) >= 11 is 0. The fraction of sp³-hybridized carbons (Fsp3) is 0.375. The summed E-state index contributed by atoms with van der Waals surface area (Å²) in [4.78, 5) is 15.1. The smallest absolute Gasteiger partial charge is 0.243 e. The molecule has 1 saturated heterocycles. The van der Waals surface area contributed by atoms with Crippen molar-refractivity contribution < 1.29 is 13.2 Å². The molecule has 1 amide bonds. The van der Waals surface area contributed by atoms with Crippen LogP contribution in [0.15, 0.2) is 59.6 Å². The minimum Gasteiger partial charge on any atom is -0.378 e. The number of hydrogen-bond acceptors (Lipinski definition) is 4. The number of nitrogens with one attached hydrogen (secondary N) is 1. The average Bonchev–Trinajstić information content (AvgIpc) is 3.18. The van der Waals surface area contributed by atoms with Gasteiger partial charge < -0.3 is 14.8 Å². The number of amides is 1. The van der Waals surface area contributed by atoms with Crippen molar-refractivity contribution in [3.8, 4) is 0 Å². The number of aromatic nitrogens is 1. The van der Waals surface area contributed by atoms with E-state index in [-0.39, 0.29) is 23.3 Å². The third-order valence-electron chi connectivity index (χ3n) is 6.17. The highest BCUT2D eigenvalue weighted by atomic mass is 32.2. The number of carbonyl (C=O) groups is 1. The molecule has 32 heavy (non-hydrogen) atoms. The van der Waals surface area contributed by atoms with Crippen LogP contribution in [0.25, 0.3) is 10.9 Å². The van der Waals surface area contributed by atoms with Gasteiger partial charge in [0.15, 0.2) is 0 Å². The predicted octanol–water partition coefficient (Wildman–Crippen LogP) is 2.96. The molecule has 0 radical (unpaired) electrons. The Hall–Kier alpha value is -2.84. The number of benzene rings is 2. The second kappa shape index (κ2) is 8.96. The lowest BCUT2D eigenvalue weighted by molar-refractivity contribution is -0.126. The lowest BCUT2D eigenvalue weighted by atomic mass is 9.99. The fourth-order valence-corrected chi connectivity index (χ4v) is 5.75. The minimum absolute atomic E-state index is 0.0971. The Labute approximate surface area is 189 Å². The van der Waals surface area contributed by atoms with Crippen molar-refractivity contribution in [1.29, 1.82) is 0 Å². The minimum atomic E-state index is -3.65. The number of piperidine rings is 1. The van der Waals surface area contributed by atoms with E-state index in [1.807, 2.05) is 73.2 Å². The number of carbonyl (C=O) groups excluding carboxylic acids is 1. The summed E-state index contributed by atoms with van der Waals surface area (Å²) in [7, 11) is 2.25. The predicted molar refractivity (Wildman–Crippen MR) is 127 cm³/mol. The van der Waals surface area contributed by atoms with Gasteiger partial charge in [0, 0.05) is 63.6 Å².